The fourth-order valence-corrected chi connectivity index (χ4v) is 3.53. The van der Waals surface area contributed by atoms with Gasteiger partial charge in [-0.3, -0.25) is 14.7 Å². The molecule has 1 aliphatic heterocycles. The van der Waals surface area contributed by atoms with Gasteiger partial charge in [0.1, 0.15) is 11.9 Å². The van der Waals surface area contributed by atoms with Crippen molar-refractivity contribution in [2.75, 3.05) is 18.0 Å². The number of anilines is 1. The van der Waals surface area contributed by atoms with E-state index >= 15 is 0 Å². The Morgan fingerprint density at radius 1 is 1.25 bits per heavy atom. The van der Waals surface area contributed by atoms with E-state index in [4.69, 9.17) is 4.74 Å². The summed E-state index contributed by atoms with van der Waals surface area (Å²) in [5.74, 6) is -0.661. The molecule has 1 aromatic carbocycles. The lowest BCUT2D eigenvalue weighted by Crippen LogP contribution is -2.33. The van der Waals surface area contributed by atoms with Crippen molar-refractivity contribution in [3.05, 3.63) is 59.9 Å². The number of pyridine rings is 1. The third-order valence-corrected chi connectivity index (χ3v) is 5.18. The minimum atomic E-state index is -0.566. The molecule has 2 N–H and O–H groups in total. The van der Waals surface area contributed by atoms with Crippen molar-refractivity contribution in [2.24, 2.45) is 0 Å². The van der Waals surface area contributed by atoms with Gasteiger partial charge in [-0.2, -0.15) is 15.4 Å². The van der Waals surface area contributed by atoms with E-state index in [1.54, 1.807) is 24.5 Å². The first kappa shape index (κ1) is 21.4. The summed E-state index contributed by atoms with van der Waals surface area (Å²) in [5.41, 5.74) is 3.28. The van der Waals surface area contributed by atoms with E-state index in [0.717, 1.165) is 30.7 Å². The maximum absolute atomic E-state index is 14.8. The summed E-state index contributed by atoms with van der Waals surface area (Å²) in [4.78, 5) is 29.0. The number of hydrogen-bond donors (Lipinski definition) is 2. The Labute approximate surface area is 184 Å². The molecule has 0 spiro atoms. The first-order chi connectivity index (χ1) is 15.5. The molecule has 0 radical (unpaired) electrons. The van der Waals surface area contributed by atoms with Crippen LogP contribution < -0.4 is 10.2 Å². The smallest absolute Gasteiger partial charge is 0.414 e. The molecule has 2 aromatic heterocycles. The van der Waals surface area contributed by atoms with Crippen LogP contribution in [0, 0.1) is 5.82 Å². The van der Waals surface area contributed by atoms with Crippen LogP contribution in [0.2, 0.25) is 0 Å². The lowest BCUT2D eigenvalue weighted by molar-refractivity contribution is -0.119. The predicted octanol–water partition coefficient (Wildman–Crippen LogP) is 2.64. The molecule has 1 aliphatic rings. The zero-order valence-corrected chi connectivity index (χ0v) is 17.5. The van der Waals surface area contributed by atoms with Gasteiger partial charge in [0.05, 0.1) is 30.7 Å². The zero-order valence-electron chi connectivity index (χ0n) is 17.5. The second-order valence-corrected chi connectivity index (χ2v) is 7.57. The third-order valence-electron chi connectivity index (χ3n) is 5.18. The summed E-state index contributed by atoms with van der Waals surface area (Å²) in [5, 5.41) is 13.0. The Bertz CT molecular complexity index is 1090. The molecule has 3 aromatic rings. The molecule has 2 amide bonds. The molecule has 3 heterocycles. The van der Waals surface area contributed by atoms with Gasteiger partial charge < -0.3 is 10.1 Å². The van der Waals surface area contributed by atoms with Crippen LogP contribution in [-0.4, -0.2) is 51.6 Å². The second-order valence-electron chi connectivity index (χ2n) is 7.57. The first-order valence-corrected chi connectivity index (χ1v) is 10.3. The Morgan fingerprint density at radius 3 is 2.78 bits per heavy atom. The number of aromatic amines is 1. The highest BCUT2D eigenvalue weighted by Crippen LogP contribution is 2.29. The van der Waals surface area contributed by atoms with Gasteiger partial charge in [-0.15, -0.1) is 0 Å². The van der Waals surface area contributed by atoms with Gasteiger partial charge in [0.2, 0.25) is 5.91 Å². The number of H-pyrrole nitrogens is 1. The minimum absolute atomic E-state index is 0.204. The van der Waals surface area contributed by atoms with E-state index < -0.39 is 18.0 Å². The van der Waals surface area contributed by atoms with Gasteiger partial charge in [-0.1, -0.05) is 6.07 Å². The molecular formula is C22H23FN6O3. The van der Waals surface area contributed by atoms with Crippen molar-refractivity contribution in [2.45, 2.75) is 32.3 Å². The molecule has 4 rings (SSSR count). The molecule has 32 heavy (non-hydrogen) atoms. The van der Waals surface area contributed by atoms with Crippen molar-refractivity contribution >= 4 is 17.7 Å². The summed E-state index contributed by atoms with van der Waals surface area (Å²) in [6.07, 6.45) is 4.78. The van der Waals surface area contributed by atoms with Crippen LogP contribution in [0.1, 0.15) is 24.7 Å². The van der Waals surface area contributed by atoms with Crippen molar-refractivity contribution in [3.63, 3.8) is 0 Å². The topological polar surface area (TPSA) is 113 Å². The summed E-state index contributed by atoms with van der Waals surface area (Å²) in [6.45, 7) is 1.85. The predicted molar refractivity (Wildman–Crippen MR) is 114 cm³/mol. The van der Waals surface area contributed by atoms with Crippen molar-refractivity contribution in [3.8, 4) is 11.1 Å². The maximum Gasteiger partial charge on any atom is 0.414 e. The molecule has 0 saturated carbocycles. The van der Waals surface area contributed by atoms with Crippen LogP contribution in [0.3, 0.4) is 0 Å². The highest BCUT2D eigenvalue weighted by molar-refractivity contribution is 5.90. The van der Waals surface area contributed by atoms with E-state index in [1.807, 2.05) is 12.1 Å². The number of ether oxygens (including phenoxy) is 1. The largest absolute Gasteiger partial charge is 0.442 e. The molecule has 9 nitrogen and oxygen atoms in total. The van der Waals surface area contributed by atoms with E-state index in [9.17, 15) is 14.0 Å². The lowest BCUT2D eigenvalue weighted by atomic mass is 10.0. The lowest BCUT2D eigenvalue weighted by Gasteiger charge is -2.14. The third kappa shape index (κ3) is 5.08. The molecule has 10 heteroatoms. The number of amides is 2. The van der Waals surface area contributed by atoms with Gasteiger partial charge in [0, 0.05) is 29.9 Å². The van der Waals surface area contributed by atoms with E-state index in [1.165, 1.54) is 17.9 Å². The van der Waals surface area contributed by atoms with Gasteiger partial charge in [-0.25, -0.2) is 9.18 Å². The number of nitrogens with zero attached hydrogens (tertiary/aromatic N) is 4. The number of hydrogen-bond acceptors (Lipinski definition) is 6. The SMILES string of the molecule is CC(=O)NC[C@H]1CN(c2ccc(-c3ccc(CCCc4cn[nH]n4)nc3)c(F)c2)C(=O)O1. The Kier molecular flexibility index (Phi) is 6.39. The minimum Gasteiger partial charge on any atom is -0.442 e. The van der Waals surface area contributed by atoms with Crippen LogP contribution >= 0.6 is 0 Å². The molecular weight excluding hydrogens is 415 g/mol. The highest BCUT2D eigenvalue weighted by atomic mass is 19.1. The standard InChI is InChI=1S/C22H23FN6O3/c1-14(30)24-12-19-13-29(22(31)32-19)18-7-8-20(21(23)9-18)15-5-6-16(25-10-15)3-2-4-17-11-26-28-27-17/h5-11,19H,2-4,12-13H2,1H3,(H,24,30)(H,26,27,28)/t19-/m0/s1. The van der Waals surface area contributed by atoms with E-state index in [0.29, 0.717) is 16.8 Å². The maximum atomic E-state index is 14.8. The fourth-order valence-electron chi connectivity index (χ4n) is 3.53. The van der Waals surface area contributed by atoms with Crippen molar-refractivity contribution in [1.29, 1.82) is 0 Å². The van der Waals surface area contributed by atoms with Crippen LogP contribution in [0.5, 0.6) is 0 Å². The summed E-state index contributed by atoms with van der Waals surface area (Å²) < 4.78 is 20.1. The van der Waals surface area contributed by atoms with Gasteiger partial charge in [-0.05, 0) is 43.5 Å². The fraction of sp³-hybridized carbons (Fsp3) is 0.318. The van der Waals surface area contributed by atoms with Crippen molar-refractivity contribution < 1.29 is 18.7 Å². The van der Waals surface area contributed by atoms with E-state index in [2.05, 4.69) is 25.7 Å². The molecule has 0 unspecified atom stereocenters. The molecule has 0 bridgehead atoms. The number of cyclic esters (lactones) is 1. The van der Waals surface area contributed by atoms with Crippen LogP contribution in [-0.2, 0) is 22.4 Å². The number of carbonyl (C=O) groups excluding carboxylic acids is 2. The first-order valence-electron chi connectivity index (χ1n) is 10.3. The Morgan fingerprint density at radius 2 is 2.09 bits per heavy atom. The van der Waals surface area contributed by atoms with Crippen molar-refractivity contribution in [1.82, 2.24) is 25.7 Å². The average molecular weight is 438 g/mol. The number of carbonyl (C=O) groups is 2. The van der Waals surface area contributed by atoms with Crippen LogP contribution in [0.15, 0.2) is 42.7 Å². The number of halogens is 1. The number of aryl methyl sites for hydroxylation is 2. The zero-order chi connectivity index (χ0) is 22.5. The number of benzene rings is 1. The number of aromatic nitrogens is 4. The molecule has 1 saturated heterocycles. The van der Waals surface area contributed by atoms with Gasteiger partial charge in [0.15, 0.2) is 0 Å². The molecule has 0 aliphatic carbocycles. The average Bonchev–Trinajstić information content (AvgIpc) is 3.42. The van der Waals surface area contributed by atoms with Crippen LogP contribution in [0.4, 0.5) is 14.9 Å². The number of rotatable bonds is 8. The summed E-state index contributed by atoms with van der Waals surface area (Å²) >= 11 is 0. The summed E-state index contributed by atoms with van der Waals surface area (Å²) in [7, 11) is 0. The molecule has 166 valence electrons. The number of nitrogens with one attached hydrogen (secondary N) is 2. The quantitative estimate of drug-likeness (QED) is 0.559. The van der Waals surface area contributed by atoms with Gasteiger partial charge in [0.25, 0.3) is 0 Å². The van der Waals surface area contributed by atoms with E-state index in [-0.39, 0.29) is 19.0 Å². The Balaban J connectivity index is 1.38. The molecule has 1 fully saturated rings. The Hall–Kier alpha value is -3.82. The molecule has 1 atom stereocenters. The normalized spacial score (nSPS) is 15.6. The monoisotopic (exact) mass is 438 g/mol. The second kappa shape index (κ2) is 9.54. The highest BCUT2D eigenvalue weighted by Gasteiger charge is 2.32. The summed E-state index contributed by atoms with van der Waals surface area (Å²) in [6, 6.07) is 8.33. The van der Waals surface area contributed by atoms with Gasteiger partial charge >= 0.3 is 6.09 Å². The van der Waals surface area contributed by atoms with Crippen LogP contribution in [0.25, 0.3) is 11.1 Å².